The van der Waals surface area contributed by atoms with Crippen molar-refractivity contribution in [3.63, 3.8) is 0 Å². The van der Waals surface area contributed by atoms with E-state index in [-0.39, 0.29) is 17.7 Å². The summed E-state index contributed by atoms with van der Waals surface area (Å²) in [6.07, 6.45) is 0.326. The first-order valence-corrected chi connectivity index (χ1v) is 8.58. The largest absolute Gasteiger partial charge is 0.481 e. The van der Waals surface area contributed by atoms with Crippen molar-refractivity contribution in [3.05, 3.63) is 12.2 Å². The number of hydrogen-bond acceptors (Lipinski definition) is 4. The highest BCUT2D eigenvalue weighted by molar-refractivity contribution is 6.42. The molecule has 0 aromatic rings. The predicted molar refractivity (Wildman–Crippen MR) is 65.6 cm³/mol. The first-order valence-electron chi connectivity index (χ1n) is 5.19. The molecule has 0 aromatic carbocycles. The van der Waals surface area contributed by atoms with Gasteiger partial charge < -0.3 is 14.0 Å². The van der Waals surface area contributed by atoms with Gasteiger partial charge in [0, 0.05) is 5.57 Å². The number of aliphatic carboxylic acids is 1. The summed E-state index contributed by atoms with van der Waals surface area (Å²) in [5.41, 5.74) is -0.195. The Morgan fingerprint density at radius 1 is 1.50 bits per heavy atom. The van der Waals surface area contributed by atoms with Crippen LogP contribution in [0.4, 0.5) is 0 Å². The maximum absolute atomic E-state index is 11.4. The maximum atomic E-state index is 11.4. The Morgan fingerprint density at radius 3 is 2.56 bits per heavy atom. The number of rotatable bonds is 8. The Morgan fingerprint density at radius 2 is 2.12 bits per heavy atom. The van der Waals surface area contributed by atoms with Crippen LogP contribution in [0.5, 0.6) is 0 Å². The van der Waals surface area contributed by atoms with Gasteiger partial charge in [0.1, 0.15) is 15.5 Å². The predicted octanol–water partition coefficient (Wildman–Crippen LogP) is -0.471. The third-order valence-corrected chi connectivity index (χ3v) is 5.58. The van der Waals surface area contributed by atoms with Crippen molar-refractivity contribution in [1.82, 2.24) is 0 Å². The number of carbonyl (C=O) groups is 2. The number of hydrogen-bond donors (Lipinski definition) is 1. The molecule has 1 unspecified atom stereocenters. The fourth-order valence-electron chi connectivity index (χ4n) is 0.974. The zero-order valence-corrected chi connectivity index (χ0v) is 12.5. The van der Waals surface area contributed by atoms with Crippen molar-refractivity contribution >= 4 is 31.5 Å². The van der Waals surface area contributed by atoms with E-state index in [0.29, 0.717) is 6.42 Å². The summed E-state index contributed by atoms with van der Waals surface area (Å²) in [7, 11) is -1.30. The molecule has 0 heterocycles. The van der Waals surface area contributed by atoms with Gasteiger partial charge in [-0.25, -0.2) is 4.79 Å². The quantitative estimate of drug-likeness (QED) is 0.364. The molecule has 0 spiro atoms. The van der Waals surface area contributed by atoms with E-state index >= 15 is 0 Å². The van der Waals surface area contributed by atoms with Gasteiger partial charge >= 0.3 is 11.9 Å². The molecule has 1 atom stereocenters. The topological polar surface area (TPSA) is 72.8 Å². The average Bonchev–Trinajstić information content (AvgIpc) is 2.22. The van der Waals surface area contributed by atoms with E-state index in [1.54, 1.807) is 0 Å². The Bertz CT molecular complexity index is 267. The van der Waals surface area contributed by atoms with Gasteiger partial charge in [-0.15, -0.1) is 0 Å². The van der Waals surface area contributed by atoms with Crippen LogP contribution in [0.2, 0.25) is 6.55 Å². The molecule has 0 aliphatic heterocycles. The van der Waals surface area contributed by atoms with Crippen LogP contribution in [-0.4, -0.2) is 42.3 Å². The standard InChI is InChI=1S/C9H18O5Si2/c1-4-8(16-14-15-3)13-9(12)6(2)5-7(10)11/h8H,2,4-5,15-16H2,1,3H3,(H,10,11). The van der Waals surface area contributed by atoms with Crippen LogP contribution in [0.1, 0.15) is 19.8 Å². The molecule has 5 nitrogen and oxygen atoms in total. The molecule has 0 rings (SSSR count). The van der Waals surface area contributed by atoms with Crippen LogP contribution in [0, 0.1) is 0 Å². The van der Waals surface area contributed by atoms with Crippen molar-refractivity contribution in [1.29, 1.82) is 0 Å². The molecule has 0 saturated carbocycles. The van der Waals surface area contributed by atoms with Crippen molar-refractivity contribution in [3.8, 4) is 0 Å². The molecular weight excluding hydrogens is 244 g/mol. The monoisotopic (exact) mass is 262 g/mol. The molecule has 0 bridgehead atoms. The molecule has 0 radical (unpaired) electrons. The lowest BCUT2D eigenvalue weighted by Crippen LogP contribution is -2.27. The van der Waals surface area contributed by atoms with E-state index in [1.165, 1.54) is 0 Å². The first kappa shape index (κ1) is 15.1. The Labute approximate surface area is 99.7 Å². The summed E-state index contributed by atoms with van der Waals surface area (Å²) in [6, 6.07) is 0. The number of ether oxygens (including phenoxy) is 1. The van der Waals surface area contributed by atoms with Gasteiger partial charge in [0.15, 0.2) is 9.76 Å². The summed E-state index contributed by atoms with van der Waals surface area (Å²) >= 11 is 0. The van der Waals surface area contributed by atoms with Crippen LogP contribution in [0.15, 0.2) is 12.2 Å². The smallest absolute Gasteiger partial charge is 0.334 e. The van der Waals surface area contributed by atoms with E-state index < -0.39 is 31.5 Å². The summed E-state index contributed by atoms with van der Waals surface area (Å²) in [4.78, 5) is 21.8. The number of esters is 1. The molecule has 0 aliphatic carbocycles. The number of carbonyl (C=O) groups excluding carboxylic acids is 1. The molecule has 0 saturated heterocycles. The molecule has 1 N–H and O–H groups in total. The van der Waals surface area contributed by atoms with Gasteiger partial charge in [-0.3, -0.25) is 4.79 Å². The fourth-order valence-corrected chi connectivity index (χ4v) is 3.42. The van der Waals surface area contributed by atoms with Gasteiger partial charge in [-0.1, -0.05) is 20.0 Å². The van der Waals surface area contributed by atoms with Gasteiger partial charge in [0.2, 0.25) is 0 Å². The third kappa shape index (κ3) is 6.54. The molecule has 0 aromatic heterocycles. The van der Waals surface area contributed by atoms with E-state index in [0.717, 1.165) is 0 Å². The maximum Gasteiger partial charge on any atom is 0.334 e. The van der Waals surface area contributed by atoms with E-state index in [2.05, 4.69) is 6.58 Å². The van der Waals surface area contributed by atoms with Gasteiger partial charge in [-0.2, -0.15) is 0 Å². The molecule has 16 heavy (non-hydrogen) atoms. The second-order valence-corrected chi connectivity index (χ2v) is 6.72. The normalized spacial score (nSPS) is 13.4. The molecular formula is C9H18O5Si2. The molecule has 92 valence electrons. The van der Waals surface area contributed by atoms with Gasteiger partial charge in [0.25, 0.3) is 0 Å². The Balaban J connectivity index is 4.08. The van der Waals surface area contributed by atoms with Crippen LogP contribution in [0.3, 0.4) is 0 Å². The second-order valence-electron chi connectivity index (χ2n) is 3.27. The molecule has 7 heteroatoms. The molecule has 0 amide bonds. The molecule has 0 aliphatic rings. The second kappa shape index (κ2) is 8.25. The van der Waals surface area contributed by atoms with Gasteiger partial charge in [-0.05, 0) is 6.42 Å². The van der Waals surface area contributed by atoms with Crippen molar-refractivity contribution in [2.75, 3.05) is 0 Å². The highest BCUT2D eigenvalue weighted by atomic mass is 28.3. The fraction of sp³-hybridized carbons (Fsp3) is 0.556. The highest BCUT2D eigenvalue weighted by Crippen LogP contribution is 2.05. The third-order valence-electron chi connectivity index (χ3n) is 1.89. The minimum Gasteiger partial charge on any atom is -0.481 e. The summed E-state index contributed by atoms with van der Waals surface area (Å²) in [5, 5.41) is 8.49. The van der Waals surface area contributed by atoms with Crippen molar-refractivity contribution < 1.29 is 23.5 Å². The van der Waals surface area contributed by atoms with E-state index in [1.807, 2.05) is 13.5 Å². The lowest BCUT2D eigenvalue weighted by atomic mass is 10.2. The minimum atomic E-state index is -1.08. The Hall–Kier alpha value is -0.926. The zero-order chi connectivity index (χ0) is 12.6. The summed E-state index contributed by atoms with van der Waals surface area (Å²) in [6.45, 7) is 7.32. The number of carboxylic acids is 1. The first-order chi connectivity index (χ1) is 7.51. The van der Waals surface area contributed by atoms with Crippen LogP contribution in [0.25, 0.3) is 0 Å². The van der Waals surface area contributed by atoms with Crippen molar-refractivity contribution in [2.24, 2.45) is 0 Å². The lowest BCUT2D eigenvalue weighted by molar-refractivity contribution is -0.144. The van der Waals surface area contributed by atoms with E-state index in [9.17, 15) is 9.59 Å². The summed E-state index contributed by atoms with van der Waals surface area (Å²) < 4.78 is 10.5. The summed E-state index contributed by atoms with van der Waals surface area (Å²) in [5.74, 6) is -1.70. The van der Waals surface area contributed by atoms with E-state index in [4.69, 9.17) is 14.0 Å². The molecule has 0 fully saturated rings. The lowest BCUT2D eigenvalue weighted by Gasteiger charge is -2.15. The zero-order valence-electron chi connectivity index (χ0n) is 9.69. The highest BCUT2D eigenvalue weighted by Gasteiger charge is 2.17. The average molecular weight is 262 g/mol. The minimum absolute atomic E-state index is 0.0197. The SMILES string of the molecule is C=C(CC(=O)O)C(=O)OC(CC)[SiH2]O[SiH2]C. The van der Waals surface area contributed by atoms with Crippen LogP contribution >= 0.6 is 0 Å². The van der Waals surface area contributed by atoms with Crippen LogP contribution < -0.4 is 0 Å². The Kier molecular flexibility index (Phi) is 7.77. The van der Waals surface area contributed by atoms with Crippen LogP contribution in [-0.2, 0) is 18.4 Å². The van der Waals surface area contributed by atoms with Crippen molar-refractivity contribution in [2.45, 2.75) is 32.0 Å². The van der Waals surface area contributed by atoms with Gasteiger partial charge in [0.05, 0.1) is 6.42 Å². The number of carboxylic acid groups (broad SMARTS) is 1.